The maximum atomic E-state index is 13.0. The summed E-state index contributed by atoms with van der Waals surface area (Å²) < 4.78 is 7.88. The van der Waals surface area contributed by atoms with Gasteiger partial charge in [-0.3, -0.25) is 9.59 Å². The van der Waals surface area contributed by atoms with Crippen LogP contribution in [-0.2, 0) is 11.8 Å². The van der Waals surface area contributed by atoms with Gasteiger partial charge in [-0.05, 0) is 37.5 Å². The number of ketones is 1. The van der Waals surface area contributed by atoms with Crippen LogP contribution in [0.25, 0.3) is 10.2 Å². The maximum Gasteiger partial charge on any atom is 0.315 e. The number of hydrogen-bond acceptors (Lipinski definition) is 6. The summed E-state index contributed by atoms with van der Waals surface area (Å²) in [4.78, 5) is 29.2. The predicted octanol–water partition coefficient (Wildman–Crippen LogP) is 2.88. The number of rotatable bonds is 4. The molecule has 7 heteroatoms. The second-order valence-electron chi connectivity index (χ2n) is 5.95. The van der Waals surface area contributed by atoms with E-state index in [-0.39, 0.29) is 23.6 Å². The zero-order valence-corrected chi connectivity index (χ0v) is 14.1. The molecule has 0 aliphatic heterocycles. The normalized spacial score (nSPS) is 14.1. The highest BCUT2D eigenvalue weighted by Gasteiger charge is 2.33. The third-order valence-corrected chi connectivity index (χ3v) is 5.03. The highest BCUT2D eigenvalue weighted by atomic mass is 32.1. The van der Waals surface area contributed by atoms with Crippen LogP contribution < -0.4 is 4.74 Å². The van der Waals surface area contributed by atoms with Crippen molar-refractivity contribution >= 4 is 33.3 Å². The van der Waals surface area contributed by atoms with E-state index in [1.54, 1.807) is 18.6 Å². The molecule has 4 rings (SSSR count). The molecule has 0 bridgehead atoms. The van der Waals surface area contributed by atoms with Crippen molar-refractivity contribution in [1.82, 2.24) is 14.8 Å². The van der Waals surface area contributed by atoms with Gasteiger partial charge in [0.25, 0.3) is 0 Å². The van der Waals surface area contributed by atoms with Crippen LogP contribution in [0.4, 0.5) is 0 Å². The molecule has 0 N–H and O–H groups in total. The quantitative estimate of drug-likeness (QED) is 0.539. The second-order valence-corrected chi connectivity index (χ2v) is 6.84. The van der Waals surface area contributed by atoms with Gasteiger partial charge < -0.3 is 4.74 Å². The van der Waals surface area contributed by atoms with Gasteiger partial charge in [0.1, 0.15) is 5.56 Å². The SMILES string of the molecule is Cc1c(C(=O)c2cnn(C)c2OC(=O)C2CC2)ccc2scnc12. The molecule has 0 radical (unpaired) electrons. The first-order valence-electron chi connectivity index (χ1n) is 7.67. The van der Waals surface area contributed by atoms with Crippen molar-refractivity contribution in [1.29, 1.82) is 0 Å². The molecule has 0 unspecified atom stereocenters. The highest BCUT2D eigenvalue weighted by Crippen LogP contribution is 2.32. The van der Waals surface area contributed by atoms with Gasteiger partial charge in [0.2, 0.25) is 5.88 Å². The molecule has 6 nitrogen and oxygen atoms in total. The monoisotopic (exact) mass is 341 g/mol. The molecule has 0 amide bonds. The maximum absolute atomic E-state index is 13.0. The van der Waals surface area contributed by atoms with Crippen LogP contribution in [-0.4, -0.2) is 26.5 Å². The Morgan fingerprint density at radius 1 is 1.29 bits per heavy atom. The molecule has 1 aliphatic rings. The van der Waals surface area contributed by atoms with Crippen LogP contribution in [0, 0.1) is 12.8 Å². The Morgan fingerprint density at radius 3 is 2.83 bits per heavy atom. The Bertz CT molecular complexity index is 969. The van der Waals surface area contributed by atoms with Crippen molar-refractivity contribution in [2.75, 3.05) is 0 Å². The predicted molar refractivity (Wildman–Crippen MR) is 89.4 cm³/mol. The van der Waals surface area contributed by atoms with Crippen molar-refractivity contribution in [3.05, 3.63) is 40.5 Å². The molecule has 0 spiro atoms. The van der Waals surface area contributed by atoms with Crippen LogP contribution in [0.1, 0.15) is 34.3 Å². The average molecular weight is 341 g/mol. The lowest BCUT2D eigenvalue weighted by molar-refractivity contribution is -0.136. The molecular formula is C17H15N3O3S. The van der Waals surface area contributed by atoms with Gasteiger partial charge >= 0.3 is 5.97 Å². The van der Waals surface area contributed by atoms with Gasteiger partial charge in [-0.15, -0.1) is 11.3 Å². The van der Waals surface area contributed by atoms with E-state index in [9.17, 15) is 9.59 Å². The summed E-state index contributed by atoms with van der Waals surface area (Å²) in [6.45, 7) is 1.88. The summed E-state index contributed by atoms with van der Waals surface area (Å²) in [5, 5.41) is 4.08. The number of ether oxygens (including phenoxy) is 1. The smallest absolute Gasteiger partial charge is 0.315 e. The standard InChI is InChI=1S/C17H15N3O3S/c1-9-11(5-6-13-14(9)18-8-24-13)15(21)12-7-19-20(2)16(12)23-17(22)10-3-4-10/h5-8,10H,3-4H2,1-2H3. The van der Waals surface area contributed by atoms with E-state index in [2.05, 4.69) is 10.1 Å². The van der Waals surface area contributed by atoms with E-state index in [0.717, 1.165) is 28.6 Å². The molecule has 24 heavy (non-hydrogen) atoms. The number of carbonyl (C=O) groups excluding carboxylic acids is 2. The van der Waals surface area contributed by atoms with Gasteiger partial charge in [0.15, 0.2) is 5.78 Å². The van der Waals surface area contributed by atoms with Crippen LogP contribution >= 0.6 is 11.3 Å². The second kappa shape index (κ2) is 5.52. The molecule has 0 atom stereocenters. The zero-order chi connectivity index (χ0) is 16.8. The molecule has 0 saturated heterocycles. The van der Waals surface area contributed by atoms with Crippen molar-refractivity contribution in [3.63, 3.8) is 0 Å². The fourth-order valence-corrected chi connectivity index (χ4v) is 3.39. The zero-order valence-electron chi connectivity index (χ0n) is 13.3. The molecule has 2 aromatic heterocycles. The van der Waals surface area contributed by atoms with E-state index in [0.29, 0.717) is 11.1 Å². The van der Waals surface area contributed by atoms with Gasteiger partial charge in [-0.1, -0.05) is 0 Å². The van der Waals surface area contributed by atoms with Crippen LogP contribution in [0.3, 0.4) is 0 Å². The van der Waals surface area contributed by atoms with Crippen molar-refractivity contribution in [2.24, 2.45) is 13.0 Å². The number of carbonyl (C=O) groups is 2. The first kappa shape index (κ1) is 15.0. The van der Waals surface area contributed by atoms with E-state index >= 15 is 0 Å². The summed E-state index contributed by atoms with van der Waals surface area (Å²) in [6, 6.07) is 3.68. The summed E-state index contributed by atoms with van der Waals surface area (Å²) >= 11 is 1.54. The molecule has 1 aromatic carbocycles. The highest BCUT2D eigenvalue weighted by molar-refractivity contribution is 7.16. The topological polar surface area (TPSA) is 74.1 Å². The first-order valence-corrected chi connectivity index (χ1v) is 8.55. The Morgan fingerprint density at radius 2 is 2.08 bits per heavy atom. The molecule has 122 valence electrons. The van der Waals surface area contributed by atoms with Crippen molar-refractivity contribution < 1.29 is 14.3 Å². The van der Waals surface area contributed by atoms with E-state index in [1.807, 2.05) is 13.0 Å². The minimum atomic E-state index is -0.292. The Hall–Kier alpha value is -2.54. The molecule has 3 aromatic rings. The number of aryl methyl sites for hydroxylation is 2. The number of thiazole rings is 1. The van der Waals surface area contributed by atoms with Crippen molar-refractivity contribution in [3.8, 4) is 5.88 Å². The number of fused-ring (bicyclic) bond motifs is 1. The lowest BCUT2D eigenvalue weighted by Crippen LogP contribution is -2.15. The lowest BCUT2D eigenvalue weighted by atomic mass is 10.00. The number of benzene rings is 1. The van der Waals surface area contributed by atoms with E-state index < -0.39 is 0 Å². The Kier molecular flexibility index (Phi) is 3.45. The summed E-state index contributed by atoms with van der Waals surface area (Å²) in [5.74, 6) is -0.348. The van der Waals surface area contributed by atoms with Crippen LogP contribution in [0.5, 0.6) is 5.88 Å². The van der Waals surface area contributed by atoms with Crippen LogP contribution in [0.2, 0.25) is 0 Å². The summed E-state index contributed by atoms with van der Waals surface area (Å²) in [6.07, 6.45) is 3.14. The van der Waals surface area contributed by atoms with E-state index in [1.165, 1.54) is 22.2 Å². The Balaban J connectivity index is 1.73. The molecule has 1 saturated carbocycles. The van der Waals surface area contributed by atoms with Gasteiger partial charge in [0.05, 0.1) is 27.8 Å². The first-order chi connectivity index (χ1) is 11.6. The third-order valence-electron chi connectivity index (χ3n) is 4.24. The van der Waals surface area contributed by atoms with Gasteiger partial charge in [-0.2, -0.15) is 5.10 Å². The fraction of sp³-hybridized carbons (Fsp3) is 0.294. The van der Waals surface area contributed by atoms with Crippen LogP contribution in [0.15, 0.2) is 23.8 Å². The summed E-state index contributed by atoms with van der Waals surface area (Å²) in [5.41, 5.74) is 4.25. The average Bonchev–Trinajstić information content (AvgIpc) is 3.21. The molecule has 1 fully saturated rings. The van der Waals surface area contributed by atoms with E-state index in [4.69, 9.17) is 4.74 Å². The Labute approximate surface area is 142 Å². The third kappa shape index (κ3) is 2.41. The number of hydrogen-bond donors (Lipinski definition) is 0. The minimum absolute atomic E-state index is 0.0454. The fourth-order valence-electron chi connectivity index (χ4n) is 2.66. The summed E-state index contributed by atoms with van der Waals surface area (Å²) in [7, 11) is 1.66. The van der Waals surface area contributed by atoms with Gasteiger partial charge in [0, 0.05) is 12.6 Å². The molecule has 2 heterocycles. The minimum Gasteiger partial charge on any atom is -0.407 e. The number of nitrogens with zero attached hydrogens (tertiary/aromatic N) is 3. The van der Waals surface area contributed by atoms with Gasteiger partial charge in [-0.25, -0.2) is 9.67 Å². The van der Waals surface area contributed by atoms with Crippen molar-refractivity contribution in [2.45, 2.75) is 19.8 Å². The molecular weight excluding hydrogens is 326 g/mol. The number of esters is 1. The lowest BCUT2D eigenvalue weighted by Gasteiger charge is -2.08. The largest absolute Gasteiger partial charge is 0.407 e. The number of aromatic nitrogens is 3. The molecule has 1 aliphatic carbocycles.